The average Bonchev–Trinajstić information content (AvgIpc) is 3.16. The van der Waals surface area contributed by atoms with Gasteiger partial charge in [0, 0.05) is 19.9 Å². The Morgan fingerprint density at radius 2 is 2.07 bits per heavy atom. The van der Waals surface area contributed by atoms with Crippen LogP contribution in [0.3, 0.4) is 0 Å². The highest BCUT2D eigenvalue weighted by molar-refractivity contribution is 5.73. The highest BCUT2D eigenvalue weighted by Gasteiger charge is 2.28. The zero-order chi connectivity index (χ0) is 20.8. The summed E-state index contributed by atoms with van der Waals surface area (Å²) < 4.78 is 17.2. The molecule has 1 aliphatic heterocycles. The third-order valence-electron chi connectivity index (χ3n) is 4.78. The monoisotopic (exact) mass is 400 g/mol. The van der Waals surface area contributed by atoms with Crippen LogP contribution in [-0.4, -0.2) is 48.8 Å². The third kappa shape index (κ3) is 5.07. The molecule has 2 heterocycles. The Balaban J connectivity index is 1.63. The van der Waals surface area contributed by atoms with Gasteiger partial charge < -0.3 is 24.4 Å². The van der Waals surface area contributed by atoms with E-state index >= 15 is 0 Å². The smallest absolute Gasteiger partial charge is 0.262 e. The van der Waals surface area contributed by atoms with Crippen LogP contribution in [0.4, 0.5) is 5.82 Å². The van der Waals surface area contributed by atoms with E-state index in [9.17, 15) is 4.79 Å². The van der Waals surface area contributed by atoms with Gasteiger partial charge in [-0.15, -0.1) is 0 Å². The van der Waals surface area contributed by atoms with E-state index in [1.807, 2.05) is 38.1 Å². The lowest BCUT2D eigenvalue weighted by Crippen LogP contribution is -2.26. The number of carbonyl (C=O) groups excluding carboxylic acids is 1. The van der Waals surface area contributed by atoms with Crippen molar-refractivity contribution in [3.8, 4) is 17.4 Å². The van der Waals surface area contributed by atoms with E-state index in [0.717, 1.165) is 30.1 Å². The van der Waals surface area contributed by atoms with Gasteiger partial charge in [0.25, 0.3) is 5.88 Å². The molecule has 2 aromatic rings. The number of aromatic nitrogens is 2. The number of carbonyl (C=O) groups is 1. The number of anilines is 1. The maximum Gasteiger partial charge on any atom is 0.262 e. The summed E-state index contributed by atoms with van der Waals surface area (Å²) in [6.07, 6.45) is 2.41. The van der Waals surface area contributed by atoms with Crippen molar-refractivity contribution in [3.05, 3.63) is 36.2 Å². The molecule has 1 aromatic heterocycles. The average molecular weight is 400 g/mol. The lowest BCUT2D eigenvalue weighted by Gasteiger charge is -2.21. The van der Waals surface area contributed by atoms with E-state index in [-0.39, 0.29) is 18.1 Å². The Kier molecular flexibility index (Phi) is 6.74. The molecule has 1 aliphatic rings. The van der Waals surface area contributed by atoms with Gasteiger partial charge in [0.05, 0.1) is 26.3 Å². The van der Waals surface area contributed by atoms with Gasteiger partial charge in [-0.2, -0.15) is 4.98 Å². The second-order valence-electron chi connectivity index (χ2n) is 6.93. The minimum Gasteiger partial charge on any atom is -0.489 e. The number of hydrogen-bond acceptors (Lipinski definition) is 7. The summed E-state index contributed by atoms with van der Waals surface area (Å²) >= 11 is 0. The number of nitrogens with zero attached hydrogens (tertiary/aromatic N) is 3. The summed E-state index contributed by atoms with van der Waals surface area (Å²) in [4.78, 5) is 21.9. The van der Waals surface area contributed by atoms with Crippen LogP contribution < -0.4 is 24.4 Å². The Morgan fingerprint density at radius 1 is 1.31 bits per heavy atom. The van der Waals surface area contributed by atoms with Gasteiger partial charge in [0.2, 0.25) is 11.7 Å². The zero-order valence-electron chi connectivity index (χ0n) is 17.3. The quantitative estimate of drug-likeness (QED) is 0.729. The minimum atomic E-state index is -0.0449. The van der Waals surface area contributed by atoms with Gasteiger partial charge >= 0.3 is 0 Å². The molecule has 0 spiro atoms. The maximum absolute atomic E-state index is 11.2. The van der Waals surface area contributed by atoms with Gasteiger partial charge in [0.1, 0.15) is 18.2 Å². The van der Waals surface area contributed by atoms with Crippen molar-refractivity contribution in [2.24, 2.45) is 0 Å². The molecule has 1 aromatic carbocycles. The SMILES string of the molecule is CCOc1ncnc(N2CC[C@@H](Oc3ccc([C@H](C)NC(C)=O)cc3)C2)c1OC. The van der Waals surface area contributed by atoms with Crippen LogP contribution in [0.15, 0.2) is 30.6 Å². The molecule has 0 saturated carbocycles. The van der Waals surface area contributed by atoms with E-state index in [1.54, 1.807) is 7.11 Å². The molecule has 2 atom stereocenters. The molecule has 156 valence electrons. The van der Waals surface area contributed by atoms with Crippen molar-refractivity contribution in [1.82, 2.24) is 15.3 Å². The number of methoxy groups -OCH3 is 1. The number of hydrogen-bond donors (Lipinski definition) is 1. The van der Waals surface area contributed by atoms with Gasteiger partial charge in [-0.25, -0.2) is 4.98 Å². The molecule has 0 aliphatic carbocycles. The van der Waals surface area contributed by atoms with Crippen LogP contribution in [0.2, 0.25) is 0 Å². The summed E-state index contributed by atoms with van der Waals surface area (Å²) in [6.45, 7) is 7.39. The topological polar surface area (TPSA) is 85.8 Å². The first-order valence-corrected chi connectivity index (χ1v) is 9.82. The molecular formula is C21H28N4O4. The molecule has 8 nitrogen and oxygen atoms in total. The van der Waals surface area contributed by atoms with Crippen LogP contribution in [0, 0.1) is 0 Å². The van der Waals surface area contributed by atoms with Crippen LogP contribution in [0.5, 0.6) is 17.4 Å². The number of benzene rings is 1. The first-order chi connectivity index (χ1) is 14.0. The third-order valence-corrected chi connectivity index (χ3v) is 4.78. The molecule has 1 amide bonds. The second kappa shape index (κ2) is 9.45. The van der Waals surface area contributed by atoms with E-state index in [2.05, 4.69) is 20.2 Å². The fourth-order valence-electron chi connectivity index (χ4n) is 3.42. The lowest BCUT2D eigenvalue weighted by atomic mass is 10.1. The summed E-state index contributed by atoms with van der Waals surface area (Å²) in [6, 6.07) is 7.80. The molecule has 29 heavy (non-hydrogen) atoms. The fraction of sp³-hybridized carbons (Fsp3) is 0.476. The molecular weight excluding hydrogens is 372 g/mol. The summed E-state index contributed by atoms with van der Waals surface area (Å²) in [5, 5.41) is 2.88. The summed E-state index contributed by atoms with van der Waals surface area (Å²) in [7, 11) is 1.60. The molecule has 0 bridgehead atoms. The number of rotatable bonds is 8. The Bertz CT molecular complexity index is 828. The van der Waals surface area contributed by atoms with E-state index in [1.165, 1.54) is 13.3 Å². The number of ether oxygens (including phenoxy) is 3. The zero-order valence-corrected chi connectivity index (χ0v) is 17.3. The van der Waals surface area contributed by atoms with Crippen LogP contribution >= 0.6 is 0 Å². The van der Waals surface area contributed by atoms with Crippen molar-refractivity contribution in [3.63, 3.8) is 0 Å². The Hall–Kier alpha value is -3.03. The largest absolute Gasteiger partial charge is 0.489 e. The van der Waals surface area contributed by atoms with Crippen LogP contribution in [-0.2, 0) is 4.79 Å². The van der Waals surface area contributed by atoms with Crippen molar-refractivity contribution >= 4 is 11.7 Å². The van der Waals surface area contributed by atoms with Gasteiger partial charge in [-0.3, -0.25) is 4.79 Å². The van der Waals surface area contributed by atoms with Crippen LogP contribution in [0.1, 0.15) is 38.8 Å². The molecule has 0 radical (unpaired) electrons. The number of nitrogens with one attached hydrogen (secondary N) is 1. The first kappa shape index (κ1) is 20.7. The van der Waals surface area contributed by atoms with Gasteiger partial charge in [-0.05, 0) is 31.5 Å². The second-order valence-corrected chi connectivity index (χ2v) is 6.93. The summed E-state index contributed by atoms with van der Waals surface area (Å²) in [5.41, 5.74) is 1.04. The molecule has 3 rings (SSSR count). The fourth-order valence-corrected chi connectivity index (χ4v) is 3.42. The minimum absolute atomic E-state index is 0.0340. The molecule has 1 N–H and O–H groups in total. The van der Waals surface area contributed by atoms with Crippen LogP contribution in [0.25, 0.3) is 0 Å². The van der Waals surface area contributed by atoms with Crippen molar-refractivity contribution in [2.45, 2.75) is 39.3 Å². The van der Waals surface area contributed by atoms with E-state index in [0.29, 0.717) is 24.8 Å². The van der Waals surface area contributed by atoms with Crippen molar-refractivity contribution in [2.75, 3.05) is 31.7 Å². The van der Waals surface area contributed by atoms with Crippen molar-refractivity contribution < 1.29 is 19.0 Å². The molecule has 1 saturated heterocycles. The highest BCUT2D eigenvalue weighted by atomic mass is 16.5. The first-order valence-electron chi connectivity index (χ1n) is 9.82. The molecule has 8 heteroatoms. The van der Waals surface area contributed by atoms with E-state index in [4.69, 9.17) is 14.2 Å². The molecule has 0 unspecified atom stereocenters. The van der Waals surface area contributed by atoms with Crippen molar-refractivity contribution in [1.29, 1.82) is 0 Å². The highest BCUT2D eigenvalue weighted by Crippen LogP contribution is 2.35. The summed E-state index contributed by atoms with van der Waals surface area (Å²) in [5.74, 6) is 2.48. The predicted molar refractivity (Wildman–Crippen MR) is 110 cm³/mol. The lowest BCUT2D eigenvalue weighted by molar-refractivity contribution is -0.119. The Morgan fingerprint density at radius 3 is 2.72 bits per heavy atom. The Labute approximate surface area is 171 Å². The van der Waals surface area contributed by atoms with E-state index < -0.39 is 0 Å². The number of amides is 1. The maximum atomic E-state index is 11.2. The molecule has 1 fully saturated rings. The standard InChI is InChI=1S/C21H28N4O4/c1-5-28-21-19(27-4)20(22-13-23-21)25-11-10-18(12-25)29-17-8-6-16(7-9-17)14(2)24-15(3)26/h6-9,13-14,18H,5,10-12H2,1-4H3,(H,24,26)/t14-,18+/m0/s1. The van der Waals surface area contributed by atoms with Gasteiger partial charge in [-0.1, -0.05) is 12.1 Å². The normalized spacial score (nSPS) is 17.0. The predicted octanol–water partition coefficient (Wildman–Crippen LogP) is 2.74. The van der Waals surface area contributed by atoms with Gasteiger partial charge in [0.15, 0.2) is 5.82 Å².